The Morgan fingerprint density at radius 1 is 1.50 bits per heavy atom. The number of benzene rings is 1. The second-order valence-electron chi connectivity index (χ2n) is 3.41. The van der Waals surface area contributed by atoms with Crippen LogP contribution in [0.25, 0.3) is 0 Å². The minimum Gasteiger partial charge on any atom is -0.324 e. The highest BCUT2D eigenvalue weighted by atomic mass is 79.9. The van der Waals surface area contributed by atoms with Crippen molar-refractivity contribution in [3.05, 3.63) is 34.1 Å². The number of rotatable bonds is 4. The van der Waals surface area contributed by atoms with E-state index in [4.69, 9.17) is 5.73 Å². The fraction of sp³-hybridized carbons (Fsp3) is 0.455. The summed E-state index contributed by atoms with van der Waals surface area (Å²) in [5, 5.41) is 0. The number of halogens is 2. The van der Waals surface area contributed by atoms with Crippen molar-refractivity contribution in [3.63, 3.8) is 0 Å². The van der Waals surface area contributed by atoms with Crippen molar-refractivity contribution >= 4 is 15.9 Å². The van der Waals surface area contributed by atoms with Crippen LogP contribution in [0.5, 0.6) is 0 Å². The minimum absolute atomic E-state index is 0.178. The average Bonchev–Trinajstić information content (AvgIpc) is 2.14. The summed E-state index contributed by atoms with van der Waals surface area (Å²) >= 11 is 3.22. The summed E-state index contributed by atoms with van der Waals surface area (Å²) in [6.45, 7) is 2.10. The zero-order valence-corrected chi connectivity index (χ0v) is 9.85. The Morgan fingerprint density at radius 2 is 2.21 bits per heavy atom. The third-order valence-corrected chi connectivity index (χ3v) is 2.72. The Bertz CT molecular complexity index is 301. The van der Waals surface area contributed by atoms with E-state index in [9.17, 15) is 4.39 Å². The molecule has 1 aromatic rings. The summed E-state index contributed by atoms with van der Waals surface area (Å²) in [6.07, 6.45) is 2.97. The average molecular weight is 260 g/mol. The van der Waals surface area contributed by atoms with E-state index in [0.717, 1.165) is 23.7 Å². The van der Waals surface area contributed by atoms with Gasteiger partial charge in [0.25, 0.3) is 0 Å². The highest BCUT2D eigenvalue weighted by molar-refractivity contribution is 9.10. The van der Waals surface area contributed by atoms with Crippen LogP contribution in [0.1, 0.15) is 37.8 Å². The molecule has 0 aliphatic heterocycles. The first-order chi connectivity index (χ1) is 6.65. The lowest BCUT2D eigenvalue weighted by molar-refractivity contribution is 0.547. The molecule has 1 rings (SSSR count). The molecule has 0 saturated carbocycles. The smallest absolute Gasteiger partial charge is 0.129 e. The molecule has 0 fully saturated rings. The molecule has 78 valence electrons. The van der Waals surface area contributed by atoms with Gasteiger partial charge in [0.2, 0.25) is 0 Å². The molecular weight excluding hydrogens is 245 g/mol. The molecule has 1 aromatic carbocycles. The SMILES string of the molecule is CCCC[C@@H](N)c1ccc(Br)cc1F. The second kappa shape index (κ2) is 5.47. The maximum atomic E-state index is 13.4. The topological polar surface area (TPSA) is 26.0 Å². The molecular formula is C11H15BrFN. The quantitative estimate of drug-likeness (QED) is 0.875. The van der Waals surface area contributed by atoms with Crippen molar-refractivity contribution < 1.29 is 4.39 Å². The van der Waals surface area contributed by atoms with Gasteiger partial charge in [-0.15, -0.1) is 0 Å². The molecule has 0 saturated heterocycles. The van der Waals surface area contributed by atoms with Crippen molar-refractivity contribution in [2.45, 2.75) is 32.2 Å². The Balaban J connectivity index is 2.74. The van der Waals surface area contributed by atoms with Crippen LogP contribution in [-0.2, 0) is 0 Å². The second-order valence-corrected chi connectivity index (χ2v) is 4.33. The highest BCUT2D eigenvalue weighted by Gasteiger charge is 2.10. The van der Waals surface area contributed by atoms with Crippen molar-refractivity contribution in [2.24, 2.45) is 5.73 Å². The summed E-state index contributed by atoms with van der Waals surface area (Å²) in [5.41, 5.74) is 6.49. The fourth-order valence-corrected chi connectivity index (χ4v) is 1.71. The maximum Gasteiger partial charge on any atom is 0.129 e. The molecule has 0 unspecified atom stereocenters. The molecule has 0 spiro atoms. The van der Waals surface area contributed by atoms with Gasteiger partial charge in [-0.1, -0.05) is 41.8 Å². The van der Waals surface area contributed by atoms with Crippen LogP contribution < -0.4 is 5.73 Å². The summed E-state index contributed by atoms with van der Waals surface area (Å²) in [7, 11) is 0. The molecule has 0 radical (unpaired) electrons. The lowest BCUT2D eigenvalue weighted by atomic mass is 10.0. The molecule has 0 aromatic heterocycles. The summed E-state index contributed by atoms with van der Waals surface area (Å²) < 4.78 is 14.2. The first kappa shape index (κ1) is 11.7. The summed E-state index contributed by atoms with van der Waals surface area (Å²) in [6, 6.07) is 4.86. The molecule has 0 aliphatic carbocycles. The van der Waals surface area contributed by atoms with Crippen LogP contribution in [-0.4, -0.2) is 0 Å². The maximum absolute atomic E-state index is 13.4. The van der Waals surface area contributed by atoms with E-state index in [1.807, 2.05) is 6.07 Å². The van der Waals surface area contributed by atoms with Crippen LogP contribution in [0.2, 0.25) is 0 Å². The number of hydrogen-bond donors (Lipinski definition) is 1. The van der Waals surface area contributed by atoms with Crippen molar-refractivity contribution in [1.29, 1.82) is 0 Å². The molecule has 3 heteroatoms. The normalized spacial score (nSPS) is 12.9. The van der Waals surface area contributed by atoms with Crippen LogP contribution in [0, 0.1) is 5.82 Å². The van der Waals surface area contributed by atoms with Gasteiger partial charge in [-0.25, -0.2) is 4.39 Å². The molecule has 0 amide bonds. The van der Waals surface area contributed by atoms with Gasteiger partial charge in [-0.2, -0.15) is 0 Å². The zero-order valence-electron chi connectivity index (χ0n) is 8.26. The van der Waals surface area contributed by atoms with E-state index < -0.39 is 0 Å². The monoisotopic (exact) mass is 259 g/mol. The van der Waals surface area contributed by atoms with Crippen LogP contribution >= 0.6 is 15.9 Å². The lowest BCUT2D eigenvalue weighted by Crippen LogP contribution is -2.11. The van der Waals surface area contributed by atoms with Gasteiger partial charge in [0, 0.05) is 16.1 Å². The van der Waals surface area contributed by atoms with Gasteiger partial charge < -0.3 is 5.73 Å². The van der Waals surface area contributed by atoms with E-state index >= 15 is 0 Å². The van der Waals surface area contributed by atoms with Gasteiger partial charge in [-0.3, -0.25) is 0 Å². The van der Waals surface area contributed by atoms with Gasteiger partial charge in [-0.05, 0) is 18.6 Å². The predicted molar refractivity (Wildman–Crippen MR) is 60.6 cm³/mol. The van der Waals surface area contributed by atoms with Gasteiger partial charge in [0.1, 0.15) is 5.82 Å². The van der Waals surface area contributed by atoms with Crippen LogP contribution in [0.15, 0.2) is 22.7 Å². The van der Waals surface area contributed by atoms with E-state index in [0.29, 0.717) is 5.56 Å². The molecule has 0 heterocycles. The molecule has 2 N–H and O–H groups in total. The standard InChI is InChI=1S/C11H15BrFN/c1-2-3-4-11(14)9-6-5-8(12)7-10(9)13/h5-7,11H,2-4,14H2,1H3/t11-/m1/s1. The van der Waals surface area contributed by atoms with Crippen LogP contribution in [0.3, 0.4) is 0 Å². The van der Waals surface area contributed by atoms with E-state index in [2.05, 4.69) is 22.9 Å². The summed E-state index contributed by atoms with van der Waals surface area (Å²) in [4.78, 5) is 0. The number of hydrogen-bond acceptors (Lipinski definition) is 1. The van der Waals surface area contributed by atoms with Gasteiger partial charge in [0.05, 0.1) is 0 Å². The third-order valence-electron chi connectivity index (χ3n) is 2.23. The molecule has 0 bridgehead atoms. The van der Waals surface area contributed by atoms with Crippen molar-refractivity contribution in [2.75, 3.05) is 0 Å². The van der Waals surface area contributed by atoms with Crippen LogP contribution in [0.4, 0.5) is 4.39 Å². The Kier molecular flexibility index (Phi) is 4.55. The predicted octanol–water partition coefficient (Wildman–Crippen LogP) is 3.78. The lowest BCUT2D eigenvalue weighted by Gasteiger charge is -2.12. The fourth-order valence-electron chi connectivity index (χ4n) is 1.38. The highest BCUT2D eigenvalue weighted by Crippen LogP contribution is 2.22. The Morgan fingerprint density at radius 3 is 2.79 bits per heavy atom. The van der Waals surface area contributed by atoms with E-state index in [-0.39, 0.29) is 11.9 Å². The van der Waals surface area contributed by atoms with E-state index in [1.54, 1.807) is 6.07 Å². The first-order valence-corrected chi connectivity index (χ1v) is 5.65. The van der Waals surface area contributed by atoms with Crippen molar-refractivity contribution in [1.82, 2.24) is 0 Å². The molecule has 1 nitrogen and oxygen atoms in total. The number of nitrogens with two attached hydrogens (primary N) is 1. The van der Waals surface area contributed by atoms with E-state index in [1.165, 1.54) is 6.07 Å². The zero-order chi connectivity index (χ0) is 10.6. The third kappa shape index (κ3) is 3.07. The minimum atomic E-state index is -0.219. The summed E-state index contributed by atoms with van der Waals surface area (Å²) in [5.74, 6) is -0.219. The Labute approximate surface area is 92.6 Å². The Hall–Kier alpha value is -0.410. The number of unbranched alkanes of at least 4 members (excludes halogenated alkanes) is 1. The first-order valence-electron chi connectivity index (χ1n) is 4.85. The van der Waals surface area contributed by atoms with Crippen molar-refractivity contribution in [3.8, 4) is 0 Å². The largest absolute Gasteiger partial charge is 0.324 e. The molecule has 14 heavy (non-hydrogen) atoms. The molecule has 0 aliphatic rings. The molecule has 1 atom stereocenters. The van der Waals surface area contributed by atoms with Gasteiger partial charge in [0.15, 0.2) is 0 Å². The van der Waals surface area contributed by atoms with Gasteiger partial charge >= 0.3 is 0 Å².